The normalized spacial score (nSPS) is 20.1. The van der Waals surface area contributed by atoms with E-state index in [0.29, 0.717) is 44.3 Å². The molecule has 0 bridgehead atoms. The Bertz CT molecular complexity index is 1040. The van der Waals surface area contributed by atoms with E-state index in [-0.39, 0.29) is 24.4 Å². The second-order valence-corrected chi connectivity index (χ2v) is 8.33. The molecule has 9 heteroatoms. The average molecular weight is 453 g/mol. The maximum Gasteiger partial charge on any atom is 0.317 e. The van der Waals surface area contributed by atoms with Crippen molar-refractivity contribution in [1.82, 2.24) is 10.2 Å². The molecule has 3 aliphatic heterocycles. The summed E-state index contributed by atoms with van der Waals surface area (Å²) in [7, 11) is 1.67. The number of fused-ring (bicyclic) bond motifs is 1. The van der Waals surface area contributed by atoms with Gasteiger partial charge in [-0.05, 0) is 24.3 Å². The predicted octanol–water partition coefficient (Wildman–Crippen LogP) is 2.10. The third-order valence-corrected chi connectivity index (χ3v) is 6.28. The molecular formula is C24H28N4O5. The number of para-hydroxylation sites is 2. The molecule has 2 aromatic rings. The zero-order valence-electron chi connectivity index (χ0n) is 18.7. The van der Waals surface area contributed by atoms with Gasteiger partial charge >= 0.3 is 6.03 Å². The summed E-state index contributed by atoms with van der Waals surface area (Å²) in [4.78, 5) is 31.2. The molecule has 0 aromatic heterocycles. The van der Waals surface area contributed by atoms with Gasteiger partial charge in [-0.15, -0.1) is 0 Å². The van der Waals surface area contributed by atoms with E-state index in [0.717, 1.165) is 30.2 Å². The molecule has 0 aliphatic carbocycles. The maximum atomic E-state index is 12.9. The van der Waals surface area contributed by atoms with Crippen LogP contribution in [-0.4, -0.2) is 75.9 Å². The minimum Gasteiger partial charge on any atom is -0.495 e. The molecule has 1 atom stereocenters. The summed E-state index contributed by atoms with van der Waals surface area (Å²) in [6, 6.07) is 13.1. The number of ether oxygens (including phenoxy) is 3. The smallest absolute Gasteiger partial charge is 0.317 e. The summed E-state index contributed by atoms with van der Waals surface area (Å²) in [5.41, 5.74) is 1.79. The predicted molar refractivity (Wildman–Crippen MR) is 124 cm³/mol. The van der Waals surface area contributed by atoms with Gasteiger partial charge in [-0.25, -0.2) is 4.79 Å². The lowest BCUT2D eigenvalue weighted by molar-refractivity contribution is -0.117. The monoisotopic (exact) mass is 452 g/mol. The highest BCUT2D eigenvalue weighted by atomic mass is 16.6. The Balaban J connectivity index is 1.16. The van der Waals surface area contributed by atoms with E-state index in [1.807, 2.05) is 47.4 Å². The van der Waals surface area contributed by atoms with Crippen molar-refractivity contribution >= 4 is 23.3 Å². The molecule has 1 N–H and O–H groups in total. The molecule has 0 spiro atoms. The van der Waals surface area contributed by atoms with Crippen molar-refractivity contribution in [2.45, 2.75) is 12.5 Å². The number of amides is 3. The summed E-state index contributed by atoms with van der Waals surface area (Å²) in [5.74, 6) is 2.15. The molecule has 3 aliphatic rings. The summed E-state index contributed by atoms with van der Waals surface area (Å²) >= 11 is 0. The zero-order chi connectivity index (χ0) is 22.8. The Morgan fingerprint density at radius 3 is 2.58 bits per heavy atom. The van der Waals surface area contributed by atoms with Gasteiger partial charge in [0.25, 0.3) is 0 Å². The fourth-order valence-corrected chi connectivity index (χ4v) is 4.56. The third kappa shape index (κ3) is 4.35. The highest BCUT2D eigenvalue weighted by Gasteiger charge is 2.34. The molecule has 5 rings (SSSR count). The Morgan fingerprint density at radius 1 is 1.03 bits per heavy atom. The number of carbonyl (C=O) groups is 2. The van der Waals surface area contributed by atoms with Crippen LogP contribution in [0.4, 0.5) is 16.2 Å². The molecular weight excluding hydrogens is 424 g/mol. The molecule has 0 unspecified atom stereocenters. The molecule has 0 saturated carbocycles. The lowest BCUT2D eigenvalue weighted by Gasteiger charge is -2.37. The first-order chi connectivity index (χ1) is 16.1. The number of carbonyl (C=O) groups excluding carboxylic acids is 2. The zero-order valence-corrected chi connectivity index (χ0v) is 18.7. The maximum absolute atomic E-state index is 12.9. The Kier molecular flexibility index (Phi) is 5.85. The van der Waals surface area contributed by atoms with E-state index in [2.05, 4.69) is 10.2 Å². The fraction of sp³-hybridized carbons (Fsp3) is 0.417. The summed E-state index contributed by atoms with van der Waals surface area (Å²) in [6.07, 6.45) is 0.279. The third-order valence-electron chi connectivity index (χ3n) is 6.28. The number of nitrogens with zero attached hydrogens (tertiary/aromatic N) is 3. The topological polar surface area (TPSA) is 83.6 Å². The Labute approximate surface area is 192 Å². The lowest BCUT2D eigenvalue weighted by atomic mass is 10.2. The Morgan fingerprint density at radius 2 is 1.79 bits per heavy atom. The molecule has 3 amide bonds. The quantitative estimate of drug-likeness (QED) is 0.765. The van der Waals surface area contributed by atoms with Gasteiger partial charge in [0.05, 0.1) is 18.8 Å². The highest BCUT2D eigenvalue weighted by Crippen LogP contribution is 2.35. The lowest BCUT2D eigenvalue weighted by Crippen LogP contribution is -2.54. The van der Waals surface area contributed by atoms with Crippen molar-refractivity contribution in [2.75, 3.05) is 62.8 Å². The van der Waals surface area contributed by atoms with Crippen LogP contribution >= 0.6 is 0 Å². The van der Waals surface area contributed by atoms with Crippen molar-refractivity contribution < 1.29 is 23.8 Å². The fourth-order valence-electron chi connectivity index (χ4n) is 4.56. The molecule has 0 radical (unpaired) electrons. The molecule has 174 valence electrons. The summed E-state index contributed by atoms with van der Waals surface area (Å²) in [5, 5.41) is 3.04. The van der Waals surface area contributed by atoms with Crippen molar-refractivity contribution in [1.29, 1.82) is 0 Å². The van der Waals surface area contributed by atoms with E-state index in [1.54, 1.807) is 12.0 Å². The van der Waals surface area contributed by atoms with Crippen LogP contribution in [0.2, 0.25) is 0 Å². The van der Waals surface area contributed by atoms with E-state index in [9.17, 15) is 9.59 Å². The van der Waals surface area contributed by atoms with Crippen molar-refractivity contribution in [3.63, 3.8) is 0 Å². The van der Waals surface area contributed by atoms with Gasteiger partial charge < -0.3 is 34.2 Å². The number of benzene rings is 2. The highest BCUT2D eigenvalue weighted by molar-refractivity contribution is 5.97. The van der Waals surface area contributed by atoms with Crippen LogP contribution in [0.15, 0.2) is 42.5 Å². The van der Waals surface area contributed by atoms with E-state index >= 15 is 0 Å². The minimum absolute atomic E-state index is 0.0158. The average Bonchev–Trinajstić information content (AvgIpc) is 3.23. The number of nitrogens with one attached hydrogen (secondary N) is 1. The number of methoxy groups -OCH3 is 1. The van der Waals surface area contributed by atoms with Gasteiger partial charge in [0.2, 0.25) is 5.91 Å². The first-order valence-corrected chi connectivity index (χ1v) is 11.3. The van der Waals surface area contributed by atoms with Crippen LogP contribution in [0.1, 0.15) is 6.42 Å². The minimum atomic E-state index is -0.231. The van der Waals surface area contributed by atoms with Crippen molar-refractivity contribution in [3.05, 3.63) is 42.5 Å². The summed E-state index contributed by atoms with van der Waals surface area (Å²) < 4.78 is 16.7. The molecule has 2 aromatic carbocycles. The number of hydrogen-bond donors (Lipinski definition) is 1. The first kappa shape index (κ1) is 21.2. The number of urea groups is 1. The second-order valence-electron chi connectivity index (χ2n) is 8.33. The van der Waals surface area contributed by atoms with E-state index < -0.39 is 0 Å². The Hall–Kier alpha value is -3.62. The van der Waals surface area contributed by atoms with Gasteiger partial charge in [0.1, 0.15) is 19.0 Å². The first-order valence-electron chi connectivity index (χ1n) is 11.3. The van der Waals surface area contributed by atoms with Crippen LogP contribution in [0.5, 0.6) is 17.2 Å². The van der Waals surface area contributed by atoms with Crippen LogP contribution in [0.3, 0.4) is 0 Å². The van der Waals surface area contributed by atoms with Gasteiger partial charge in [0, 0.05) is 50.9 Å². The number of hydrogen-bond acceptors (Lipinski definition) is 6. The van der Waals surface area contributed by atoms with Crippen LogP contribution in [0.25, 0.3) is 0 Å². The number of anilines is 2. The van der Waals surface area contributed by atoms with E-state index in [4.69, 9.17) is 14.2 Å². The van der Waals surface area contributed by atoms with Crippen molar-refractivity contribution in [2.24, 2.45) is 0 Å². The van der Waals surface area contributed by atoms with Crippen LogP contribution in [0, 0.1) is 0 Å². The van der Waals surface area contributed by atoms with Crippen LogP contribution < -0.4 is 29.3 Å². The molecule has 3 heterocycles. The van der Waals surface area contributed by atoms with Gasteiger partial charge in [-0.3, -0.25) is 4.79 Å². The molecule has 9 nitrogen and oxygen atoms in total. The van der Waals surface area contributed by atoms with Gasteiger partial charge in [0.15, 0.2) is 11.5 Å². The van der Waals surface area contributed by atoms with E-state index in [1.165, 1.54) is 0 Å². The van der Waals surface area contributed by atoms with Gasteiger partial charge in [-0.2, -0.15) is 0 Å². The molecule has 33 heavy (non-hydrogen) atoms. The number of rotatable bonds is 4. The summed E-state index contributed by atoms with van der Waals surface area (Å²) in [6.45, 7) is 4.11. The van der Waals surface area contributed by atoms with Crippen molar-refractivity contribution in [3.8, 4) is 17.2 Å². The second kappa shape index (κ2) is 9.09. The largest absolute Gasteiger partial charge is 0.495 e. The standard InChI is InChI=1S/C24H28N4O5/c1-31-20-5-3-2-4-19(20)26-8-10-27(11-9-26)24(30)25-17-14-23(29)28(16-17)18-6-7-21-22(15-18)33-13-12-32-21/h2-7,15,17H,8-14,16H2,1H3,(H,25,30)/t17-/m0/s1. The SMILES string of the molecule is COc1ccccc1N1CCN(C(=O)N[C@H]2CC(=O)N(c3ccc4c(c3)OCCO4)C2)CC1. The molecule has 2 saturated heterocycles. The van der Waals surface area contributed by atoms with Crippen LogP contribution in [-0.2, 0) is 4.79 Å². The number of piperazine rings is 1. The van der Waals surface area contributed by atoms with Gasteiger partial charge in [-0.1, -0.05) is 12.1 Å². The molecule has 2 fully saturated rings.